The zero-order valence-electron chi connectivity index (χ0n) is 18.9. The van der Waals surface area contributed by atoms with E-state index in [2.05, 4.69) is 29.9 Å². The molecule has 0 N–H and O–H groups in total. The van der Waals surface area contributed by atoms with Gasteiger partial charge in [0.25, 0.3) is 0 Å². The minimum Gasteiger partial charge on any atom is -0.328 e. The fourth-order valence-corrected chi connectivity index (χ4v) is 6.44. The maximum Gasteiger partial charge on any atom is 0.242 e. The van der Waals surface area contributed by atoms with Crippen molar-refractivity contribution in [1.29, 1.82) is 0 Å². The lowest BCUT2D eigenvalue weighted by atomic mass is 10.2. The minimum atomic E-state index is -3.49. The van der Waals surface area contributed by atoms with Crippen LogP contribution in [0.2, 0.25) is 0 Å². The quantitative estimate of drug-likeness (QED) is 0.484. The molecule has 1 saturated carbocycles. The van der Waals surface area contributed by atoms with Gasteiger partial charge in [0.15, 0.2) is 5.16 Å². The molecule has 1 aliphatic rings. The Morgan fingerprint density at radius 2 is 1.87 bits per heavy atom. The molecule has 0 saturated heterocycles. The third kappa shape index (κ3) is 4.03. The summed E-state index contributed by atoms with van der Waals surface area (Å²) in [5.41, 5.74) is 4.03. The van der Waals surface area contributed by atoms with Crippen LogP contribution in [0.4, 0.5) is 0 Å². The standard InChI is InChI=1S/C22H31N5O2S2/c1-6-26-20-12-11-18(31(28,29)25(4)5)13-19(20)24-21(26)14-30-22-23-15(2)16(3)27(22)17-9-7-8-10-17/h11-13,17H,6-10,14H2,1-5H3. The maximum atomic E-state index is 12.5. The lowest BCUT2D eigenvalue weighted by molar-refractivity contribution is 0.471. The molecule has 1 aliphatic carbocycles. The Hall–Kier alpha value is -1.84. The summed E-state index contributed by atoms with van der Waals surface area (Å²) < 4.78 is 30.9. The van der Waals surface area contributed by atoms with Crippen LogP contribution in [0.25, 0.3) is 11.0 Å². The molecule has 0 aliphatic heterocycles. The molecule has 0 radical (unpaired) electrons. The molecule has 31 heavy (non-hydrogen) atoms. The summed E-state index contributed by atoms with van der Waals surface area (Å²) in [6, 6.07) is 5.76. The van der Waals surface area contributed by atoms with Gasteiger partial charge in [0.2, 0.25) is 10.0 Å². The second-order valence-corrected chi connectivity index (χ2v) is 11.5. The number of hydrogen-bond acceptors (Lipinski definition) is 5. The summed E-state index contributed by atoms with van der Waals surface area (Å²) in [4.78, 5) is 9.93. The first kappa shape index (κ1) is 22.4. The molecule has 2 aromatic heterocycles. The van der Waals surface area contributed by atoms with Crippen molar-refractivity contribution in [2.45, 2.75) is 74.8 Å². The van der Waals surface area contributed by atoms with E-state index >= 15 is 0 Å². The summed E-state index contributed by atoms with van der Waals surface area (Å²) in [5.74, 6) is 1.64. The van der Waals surface area contributed by atoms with Gasteiger partial charge in [0.05, 0.1) is 27.4 Å². The number of hydrogen-bond donors (Lipinski definition) is 0. The Kier molecular flexibility index (Phi) is 6.20. The number of thioether (sulfide) groups is 1. The number of aryl methyl sites for hydroxylation is 2. The fraction of sp³-hybridized carbons (Fsp3) is 0.545. The third-order valence-electron chi connectivity index (χ3n) is 6.27. The van der Waals surface area contributed by atoms with E-state index in [0.717, 1.165) is 28.7 Å². The summed E-state index contributed by atoms with van der Waals surface area (Å²) in [5, 5.41) is 1.06. The highest BCUT2D eigenvalue weighted by atomic mass is 32.2. The largest absolute Gasteiger partial charge is 0.328 e. The molecule has 168 valence electrons. The molecular weight excluding hydrogens is 430 g/mol. The van der Waals surface area contributed by atoms with E-state index in [1.807, 2.05) is 6.07 Å². The van der Waals surface area contributed by atoms with Gasteiger partial charge in [-0.1, -0.05) is 24.6 Å². The van der Waals surface area contributed by atoms with Gasteiger partial charge < -0.3 is 9.13 Å². The van der Waals surface area contributed by atoms with Gasteiger partial charge in [0.1, 0.15) is 5.82 Å². The molecule has 0 amide bonds. The Labute approximate surface area is 188 Å². The fourth-order valence-electron chi connectivity index (χ4n) is 4.41. The first-order chi connectivity index (χ1) is 14.7. The summed E-state index contributed by atoms with van der Waals surface area (Å²) >= 11 is 1.72. The van der Waals surface area contributed by atoms with Crippen LogP contribution >= 0.6 is 11.8 Å². The number of aromatic nitrogens is 4. The van der Waals surface area contributed by atoms with Crippen molar-refractivity contribution < 1.29 is 8.42 Å². The lowest BCUT2D eigenvalue weighted by Crippen LogP contribution is -2.22. The van der Waals surface area contributed by atoms with Crippen molar-refractivity contribution in [2.75, 3.05) is 14.1 Å². The molecule has 2 heterocycles. The summed E-state index contributed by atoms with van der Waals surface area (Å²) in [6.45, 7) is 7.12. The Morgan fingerprint density at radius 3 is 2.52 bits per heavy atom. The molecule has 0 bridgehead atoms. The predicted molar refractivity (Wildman–Crippen MR) is 125 cm³/mol. The number of imidazole rings is 2. The zero-order chi connectivity index (χ0) is 22.3. The summed E-state index contributed by atoms with van der Waals surface area (Å²) in [7, 11) is -0.397. The molecule has 0 unspecified atom stereocenters. The SMILES string of the molecule is CCn1c(CSc2nc(C)c(C)n2C2CCCC2)nc2cc(S(=O)(=O)N(C)C)ccc21. The molecule has 1 aromatic carbocycles. The van der Waals surface area contributed by atoms with Gasteiger partial charge in [-0.2, -0.15) is 0 Å². The molecule has 0 atom stereocenters. The van der Waals surface area contributed by atoms with E-state index in [9.17, 15) is 8.42 Å². The van der Waals surface area contributed by atoms with Crippen LogP contribution in [0, 0.1) is 13.8 Å². The molecule has 3 aromatic rings. The highest BCUT2D eigenvalue weighted by Crippen LogP contribution is 2.36. The maximum absolute atomic E-state index is 12.5. The number of fused-ring (bicyclic) bond motifs is 1. The second-order valence-electron chi connectivity index (χ2n) is 8.37. The number of benzene rings is 1. The number of rotatable bonds is 7. The molecule has 4 rings (SSSR count). The van der Waals surface area contributed by atoms with Crippen LogP contribution in [0.15, 0.2) is 28.3 Å². The number of sulfonamides is 1. The monoisotopic (exact) mass is 461 g/mol. The van der Waals surface area contributed by atoms with Gasteiger partial charge in [-0.25, -0.2) is 22.7 Å². The first-order valence-corrected chi connectivity index (χ1v) is 13.3. The van der Waals surface area contributed by atoms with E-state index in [4.69, 9.17) is 9.97 Å². The van der Waals surface area contributed by atoms with E-state index in [0.29, 0.717) is 17.3 Å². The highest BCUT2D eigenvalue weighted by molar-refractivity contribution is 7.98. The second kappa shape index (κ2) is 8.60. The van der Waals surface area contributed by atoms with Gasteiger partial charge in [0, 0.05) is 32.4 Å². The smallest absolute Gasteiger partial charge is 0.242 e. The number of nitrogens with zero attached hydrogens (tertiary/aromatic N) is 5. The third-order valence-corrected chi connectivity index (χ3v) is 9.03. The Morgan fingerprint density at radius 1 is 1.16 bits per heavy atom. The molecule has 0 spiro atoms. The van der Waals surface area contributed by atoms with Crippen LogP contribution in [0.5, 0.6) is 0 Å². The van der Waals surface area contributed by atoms with E-state index < -0.39 is 10.0 Å². The average molecular weight is 462 g/mol. The van der Waals surface area contributed by atoms with Gasteiger partial charge in [-0.3, -0.25) is 0 Å². The Bertz CT molecular complexity index is 1200. The zero-order valence-corrected chi connectivity index (χ0v) is 20.6. The van der Waals surface area contributed by atoms with Crippen molar-refractivity contribution in [3.05, 3.63) is 35.4 Å². The van der Waals surface area contributed by atoms with Gasteiger partial charge in [-0.15, -0.1) is 0 Å². The highest BCUT2D eigenvalue weighted by Gasteiger charge is 2.24. The van der Waals surface area contributed by atoms with Crippen LogP contribution in [0.1, 0.15) is 55.9 Å². The molecular formula is C22H31N5O2S2. The van der Waals surface area contributed by atoms with Gasteiger partial charge >= 0.3 is 0 Å². The molecule has 1 fully saturated rings. The van der Waals surface area contributed by atoms with E-state index in [1.54, 1.807) is 38.0 Å². The van der Waals surface area contributed by atoms with Crippen molar-refractivity contribution in [3.63, 3.8) is 0 Å². The van der Waals surface area contributed by atoms with Crippen LogP contribution in [-0.2, 0) is 22.3 Å². The van der Waals surface area contributed by atoms with Crippen LogP contribution in [0.3, 0.4) is 0 Å². The lowest BCUT2D eigenvalue weighted by Gasteiger charge is -2.17. The van der Waals surface area contributed by atoms with Crippen LogP contribution in [-0.4, -0.2) is 45.9 Å². The molecule has 9 heteroatoms. The normalized spacial score (nSPS) is 15.5. The van der Waals surface area contributed by atoms with Gasteiger partial charge in [-0.05, 0) is 51.8 Å². The average Bonchev–Trinajstić information content (AvgIpc) is 3.44. The van der Waals surface area contributed by atoms with Crippen molar-refractivity contribution in [1.82, 2.24) is 23.4 Å². The topological polar surface area (TPSA) is 73.0 Å². The molecule has 7 nitrogen and oxygen atoms in total. The first-order valence-electron chi connectivity index (χ1n) is 10.8. The van der Waals surface area contributed by atoms with Crippen molar-refractivity contribution in [2.24, 2.45) is 0 Å². The summed E-state index contributed by atoms with van der Waals surface area (Å²) in [6.07, 6.45) is 5.02. The van der Waals surface area contributed by atoms with E-state index in [1.165, 1.54) is 35.7 Å². The van der Waals surface area contributed by atoms with Crippen molar-refractivity contribution in [3.8, 4) is 0 Å². The Balaban J connectivity index is 1.66. The predicted octanol–water partition coefficient (Wildman–Crippen LogP) is 4.53. The van der Waals surface area contributed by atoms with Crippen LogP contribution < -0.4 is 0 Å². The minimum absolute atomic E-state index is 0.271. The van der Waals surface area contributed by atoms with E-state index in [-0.39, 0.29) is 4.90 Å². The van der Waals surface area contributed by atoms with Crippen molar-refractivity contribution >= 4 is 32.8 Å².